The van der Waals surface area contributed by atoms with Crippen LogP contribution in [0.5, 0.6) is 0 Å². The summed E-state index contributed by atoms with van der Waals surface area (Å²) in [5.41, 5.74) is 6.18. The van der Waals surface area contributed by atoms with Gasteiger partial charge in [0.05, 0.1) is 37.6 Å². The topological polar surface area (TPSA) is 105 Å². The second-order valence-electron chi connectivity index (χ2n) is 9.38. The monoisotopic (exact) mass is 474 g/mol. The fourth-order valence-corrected chi connectivity index (χ4v) is 5.32. The van der Waals surface area contributed by atoms with Crippen molar-refractivity contribution in [3.8, 4) is 0 Å². The van der Waals surface area contributed by atoms with Gasteiger partial charge >= 0.3 is 0 Å². The molecule has 0 saturated carbocycles. The quantitative estimate of drug-likeness (QED) is 0.278. The van der Waals surface area contributed by atoms with Crippen LogP contribution in [0.1, 0.15) is 72.6 Å². The van der Waals surface area contributed by atoms with Gasteiger partial charge in [-0.05, 0) is 39.0 Å². The lowest BCUT2D eigenvalue weighted by Gasteiger charge is -2.28. The van der Waals surface area contributed by atoms with Crippen molar-refractivity contribution in [2.45, 2.75) is 121 Å². The summed E-state index contributed by atoms with van der Waals surface area (Å²) in [5.74, 6) is 0. The Bertz CT molecular complexity index is 592. The van der Waals surface area contributed by atoms with E-state index in [1.165, 1.54) is 0 Å². The summed E-state index contributed by atoms with van der Waals surface area (Å²) in [6, 6.07) is 0.135. The zero-order valence-electron chi connectivity index (χ0n) is 21.0. The first kappa shape index (κ1) is 28.3. The molecule has 0 aromatic rings. The van der Waals surface area contributed by atoms with Crippen molar-refractivity contribution in [2.75, 3.05) is 13.2 Å². The molecule has 0 aromatic heterocycles. The Balaban J connectivity index is 1.86. The number of hydrogen-bond acceptors (Lipinski definition) is 7. The van der Waals surface area contributed by atoms with Gasteiger partial charge in [-0.1, -0.05) is 33.6 Å². The van der Waals surface area contributed by atoms with Crippen LogP contribution in [-0.4, -0.2) is 77.5 Å². The average molecular weight is 474 g/mol. The maximum absolute atomic E-state index is 8.50. The molecule has 3 N–H and O–H groups in total. The Morgan fingerprint density at radius 1 is 1.03 bits per heavy atom. The molecule has 186 valence electrons. The SMILES string of the molecule is B[C@H]1C[C@@H](OC(C)CC)C(COP(=N)(N)O[C@@H]2C[C@H](B)OC2COC(CC)CCCC)O1. The highest BCUT2D eigenvalue weighted by Gasteiger charge is 2.39. The maximum Gasteiger partial charge on any atom is 0.282 e. The Morgan fingerprint density at radius 2 is 1.66 bits per heavy atom. The number of nitrogens with one attached hydrogen (secondary N) is 1. The van der Waals surface area contributed by atoms with Gasteiger partial charge in [0.25, 0.3) is 7.66 Å². The van der Waals surface area contributed by atoms with E-state index >= 15 is 0 Å². The fourth-order valence-electron chi connectivity index (χ4n) is 4.27. The molecule has 0 amide bonds. The zero-order valence-corrected chi connectivity index (χ0v) is 21.9. The van der Waals surface area contributed by atoms with E-state index in [0.29, 0.717) is 13.0 Å². The molecule has 2 saturated heterocycles. The summed E-state index contributed by atoms with van der Waals surface area (Å²) in [6.45, 7) is 9.13. The molecule has 8 nitrogen and oxygen atoms in total. The Labute approximate surface area is 196 Å². The lowest BCUT2D eigenvalue weighted by Crippen LogP contribution is -2.33. The molecule has 32 heavy (non-hydrogen) atoms. The van der Waals surface area contributed by atoms with Crippen LogP contribution in [0.2, 0.25) is 0 Å². The van der Waals surface area contributed by atoms with Crippen LogP contribution in [-0.2, 0) is 28.0 Å². The molecule has 5 unspecified atom stereocenters. The largest absolute Gasteiger partial charge is 0.379 e. The van der Waals surface area contributed by atoms with Crippen molar-refractivity contribution in [3.05, 3.63) is 0 Å². The van der Waals surface area contributed by atoms with E-state index in [1.54, 1.807) is 0 Å². The van der Waals surface area contributed by atoms with Crippen molar-refractivity contribution in [3.63, 3.8) is 0 Å². The van der Waals surface area contributed by atoms with Crippen LogP contribution in [0.3, 0.4) is 0 Å². The van der Waals surface area contributed by atoms with E-state index in [9.17, 15) is 0 Å². The smallest absolute Gasteiger partial charge is 0.282 e. The first-order valence-electron chi connectivity index (χ1n) is 12.5. The highest BCUT2D eigenvalue weighted by Crippen LogP contribution is 2.45. The molecule has 11 heteroatoms. The van der Waals surface area contributed by atoms with Gasteiger partial charge in [0.1, 0.15) is 27.9 Å². The van der Waals surface area contributed by atoms with E-state index in [-0.39, 0.29) is 55.2 Å². The molecule has 9 atom stereocenters. The predicted octanol–water partition coefficient (Wildman–Crippen LogP) is 2.54. The summed E-state index contributed by atoms with van der Waals surface area (Å²) in [4.78, 5) is 0. The lowest BCUT2D eigenvalue weighted by molar-refractivity contribution is -0.0656. The van der Waals surface area contributed by atoms with Crippen LogP contribution in [0.4, 0.5) is 0 Å². The van der Waals surface area contributed by atoms with E-state index in [2.05, 4.69) is 27.7 Å². The highest BCUT2D eigenvalue weighted by atomic mass is 31.2. The lowest BCUT2D eigenvalue weighted by atomic mass is 9.96. The van der Waals surface area contributed by atoms with E-state index in [4.69, 9.17) is 38.7 Å². The molecular weight excluding hydrogens is 429 g/mol. The maximum atomic E-state index is 8.50. The van der Waals surface area contributed by atoms with Crippen LogP contribution < -0.4 is 5.50 Å². The predicted molar refractivity (Wildman–Crippen MR) is 132 cm³/mol. The summed E-state index contributed by atoms with van der Waals surface area (Å²) in [5, 5.41) is 8.50. The molecule has 2 rings (SSSR count). The minimum atomic E-state index is -3.29. The summed E-state index contributed by atoms with van der Waals surface area (Å²) >= 11 is 0. The molecule has 0 radical (unpaired) electrons. The number of unbranched alkanes of at least 4 members (excludes halogenated alkanes) is 1. The number of ether oxygens (including phenoxy) is 4. The van der Waals surface area contributed by atoms with Gasteiger partial charge in [0, 0.05) is 12.0 Å². The fraction of sp³-hybridized carbons (Fsp3) is 1.00. The van der Waals surface area contributed by atoms with Crippen LogP contribution >= 0.6 is 7.66 Å². The van der Waals surface area contributed by atoms with E-state index in [1.807, 2.05) is 15.7 Å². The average Bonchev–Trinajstić information content (AvgIpc) is 3.26. The molecule has 0 bridgehead atoms. The van der Waals surface area contributed by atoms with Gasteiger partial charge in [0.2, 0.25) is 0 Å². The summed E-state index contributed by atoms with van der Waals surface area (Å²) < 4.78 is 36.0. The first-order valence-corrected chi connectivity index (χ1v) is 14.2. The Morgan fingerprint density at radius 3 is 2.25 bits per heavy atom. The molecule has 2 aliphatic heterocycles. The van der Waals surface area contributed by atoms with Crippen molar-refractivity contribution >= 4 is 23.4 Å². The summed E-state index contributed by atoms with van der Waals surface area (Å²) in [7, 11) is 0.751. The van der Waals surface area contributed by atoms with E-state index in [0.717, 1.165) is 38.5 Å². The van der Waals surface area contributed by atoms with Crippen molar-refractivity contribution in [2.24, 2.45) is 5.50 Å². The van der Waals surface area contributed by atoms with Crippen LogP contribution in [0.25, 0.3) is 0 Å². The molecule has 0 aliphatic carbocycles. The third kappa shape index (κ3) is 9.38. The second-order valence-corrected chi connectivity index (χ2v) is 11.0. The van der Waals surface area contributed by atoms with Crippen LogP contribution in [0.15, 0.2) is 0 Å². The number of nitrogens with two attached hydrogens (primary N) is 1. The molecule has 2 aliphatic rings. The summed E-state index contributed by atoms with van der Waals surface area (Å²) in [6.07, 6.45) is 6.33. The van der Waals surface area contributed by atoms with Gasteiger partial charge in [-0.15, -0.1) is 0 Å². The van der Waals surface area contributed by atoms with Crippen LogP contribution in [0, 0.1) is 5.16 Å². The molecule has 2 fully saturated rings. The standard InChI is InChI=1S/C21H45B2N2O6P/c1-5-8-9-15(7-3)26-12-18-17(11-21(23)29-18)31-32(24,25)27-13-19-16(10-20(22)30-19)28-14(4)6-2/h14-21H,5-13,22-23H2,1-4H3,(H3,24,25)/t14?,15?,16-,17-,18?,19?,20-,21-/m1/s1. The van der Waals surface area contributed by atoms with E-state index < -0.39 is 7.66 Å². The highest BCUT2D eigenvalue weighted by molar-refractivity contribution is 7.52. The molecule has 0 aromatic carbocycles. The minimum absolute atomic E-state index is 0.0386. The molecule has 2 heterocycles. The van der Waals surface area contributed by atoms with Gasteiger partial charge in [-0.2, -0.15) is 0 Å². The van der Waals surface area contributed by atoms with Crippen molar-refractivity contribution < 1.29 is 28.0 Å². The van der Waals surface area contributed by atoms with Crippen molar-refractivity contribution in [1.29, 1.82) is 5.16 Å². The Hall–Kier alpha value is 0.0799. The third-order valence-electron chi connectivity index (χ3n) is 6.31. The zero-order chi connectivity index (χ0) is 23.7. The molecular formula is C21H45B2N2O6P. The third-order valence-corrected chi connectivity index (χ3v) is 7.42. The van der Waals surface area contributed by atoms with Gasteiger partial charge in [0.15, 0.2) is 0 Å². The van der Waals surface area contributed by atoms with Gasteiger partial charge in [-0.3, -0.25) is 10.7 Å². The normalized spacial score (nSPS) is 34.4. The van der Waals surface area contributed by atoms with Gasteiger partial charge < -0.3 is 28.0 Å². The van der Waals surface area contributed by atoms with Gasteiger partial charge in [-0.25, -0.2) is 0 Å². The van der Waals surface area contributed by atoms with Crippen molar-refractivity contribution in [1.82, 2.24) is 0 Å². The number of rotatable bonds is 15. The Kier molecular flexibility index (Phi) is 12.2. The minimum Gasteiger partial charge on any atom is -0.379 e. The first-order chi connectivity index (χ1) is 15.2. The molecule has 0 spiro atoms. The second kappa shape index (κ2) is 13.8. The number of hydrogen-bond donors (Lipinski definition) is 2.